The Hall–Kier alpha value is -3.51. The van der Waals surface area contributed by atoms with E-state index in [0.717, 1.165) is 24.2 Å². The lowest BCUT2D eigenvalue weighted by Gasteiger charge is -2.35. The van der Waals surface area contributed by atoms with Gasteiger partial charge in [-0.1, -0.05) is 40.0 Å². The lowest BCUT2D eigenvalue weighted by Crippen LogP contribution is -2.59. The fourth-order valence-corrected chi connectivity index (χ4v) is 4.20. The van der Waals surface area contributed by atoms with Crippen LogP contribution in [0.5, 0.6) is 0 Å². The number of carbonyl (C=O) groups is 7. The molecule has 0 radical (unpaired) electrons. The highest BCUT2D eigenvalue weighted by molar-refractivity contribution is 5.95. The van der Waals surface area contributed by atoms with Crippen molar-refractivity contribution in [1.82, 2.24) is 26.2 Å². The van der Waals surface area contributed by atoms with Crippen LogP contribution in [0.15, 0.2) is 0 Å². The predicted octanol–water partition coefficient (Wildman–Crippen LogP) is -1.65. The Morgan fingerprint density at radius 3 is 2.08 bits per heavy atom. The number of hydrogen-bond donors (Lipinski definition) is 5. The van der Waals surface area contributed by atoms with Crippen molar-refractivity contribution in [1.29, 1.82) is 0 Å². The number of amides is 6. The van der Waals surface area contributed by atoms with Gasteiger partial charge < -0.3 is 31.9 Å². The van der Waals surface area contributed by atoms with E-state index in [2.05, 4.69) is 21.3 Å². The van der Waals surface area contributed by atoms with E-state index >= 15 is 0 Å². The molecule has 1 aliphatic rings. The number of ketones is 1. The summed E-state index contributed by atoms with van der Waals surface area (Å²) < 4.78 is 0. The van der Waals surface area contributed by atoms with E-state index in [9.17, 15) is 33.6 Å². The first-order chi connectivity index (χ1) is 17.3. The van der Waals surface area contributed by atoms with Gasteiger partial charge in [-0.15, -0.1) is 0 Å². The average Bonchev–Trinajstić information content (AvgIpc) is 2.81. The van der Waals surface area contributed by atoms with Gasteiger partial charge >= 0.3 is 0 Å². The molecule has 0 aliphatic heterocycles. The highest BCUT2D eigenvalue weighted by Gasteiger charge is 2.37. The third-order valence-electron chi connectivity index (χ3n) is 5.98. The maximum Gasteiger partial charge on any atom is 0.246 e. The number of carbonyl (C=O) groups excluding carboxylic acids is 7. The van der Waals surface area contributed by atoms with E-state index in [-0.39, 0.29) is 31.3 Å². The van der Waals surface area contributed by atoms with Gasteiger partial charge in [0.2, 0.25) is 35.9 Å². The van der Waals surface area contributed by atoms with Crippen molar-refractivity contribution >= 4 is 41.7 Å². The number of hydrogen-bond acceptors (Lipinski definition) is 7. The zero-order valence-corrected chi connectivity index (χ0v) is 22.1. The molecule has 208 valence electrons. The van der Waals surface area contributed by atoms with Crippen molar-refractivity contribution in [2.45, 2.75) is 71.9 Å². The fourth-order valence-electron chi connectivity index (χ4n) is 4.20. The molecular formula is C24H40N6O7. The molecule has 0 saturated heterocycles. The van der Waals surface area contributed by atoms with E-state index in [1.165, 1.54) is 6.92 Å². The van der Waals surface area contributed by atoms with E-state index in [4.69, 9.17) is 5.73 Å². The SMILES string of the molecule is CC(=O)CN(CC(=O)NC(C(=O)NCC(N)=O)C1CCCCC1)C(=O)[C@@H](NC(=O)CNC=O)C(C)(C)C. The van der Waals surface area contributed by atoms with Gasteiger partial charge in [-0.2, -0.15) is 0 Å². The molecule has 2 atom stereocenters. The molecule has 1 aliphatic carbocycles. The Kier molecular flexibility index (Phi) is 12.7. The zero-order chi connectivity index (χ0) is 28.2. The van der Waals surface area contributed by atoms with Gasteiger partial charge in [0.15, 0.2) is 0 Å². The van der Waals surface area contributed by atoms with Crippen molar-refractivity contribution in [3.05, 3.63) is 0 Å². The summed E-state index contributed by atoms with van der Waals surface area (Å²) in [6, 6.07) is -2.04. The molecule has 0 bridgehead atoms. The second-order valence-electron chi connectivity index (χ2n) is 10.4. The van der Waals surface area contributed by atoms with Crippen LogP contribution in [0.1, 0.15) is 59.8 Å². The van der Waals surface area contributed by atoms with Crippen LogP contribution >= 0.6 is 0 Å². The van der Waals surface area contributed by atoms with Crippen LogP contribution in [-0.2, 0) is 33.6 Å². The van der Waals surface area contributed by atoms with Gasteiger partial charge in [0.05, 0.1) is 19.6 Å². The van der Waals surface area contributed by atoms with E-state index in [0.29, 0.717) is 19.3 Å². The van der Waals surface area contributed by atoms with Crippen LogP contribution in [0.4, 0.5) is 0 Å². The third-order valence-corrected chi connectivity index (χ3v) is 5.98. The molecule has 0 heterocycles. The highest BCUT2D eigenvalue weighted by Crippen LogP contribution is 2.27. The minimum absolute atomic E-state index is 0.158. The largest absolute Gasteiger partial charge is 0.368 e. The van der Waals surface area contributed by atoms with Crippen LogP contribution in [0, 0.1) is 11.3 Å². The maximum atomic E-state index is 13.4. The van der Waals surface area contributed by atoms with Gasteiger partial charge in [-0.25, -0.2) is 0 Å². The van der Waals surface area contributed by atoms with Crippen LogP contribution in [0.3, 0.4) is 0 Å². The first kappa shape index (κ1) is 31.5. The Labute approximate surface area is 217 Å². The first-order valence-corrected chi connectivity index (χ1v) is 12.4. The van der Waals surface area contributed by atoms with Gasteiger partial charge in [-0.3, -0.25) is 33.6 Å². The average molecular weight is 525 g/mol. The first-order valence-electron chi connectivity index (χ1n) is 12.4. The lowest BCUT2D eigenvalue weighted by atomic mass is 9.83. The highest BCUT2D eigenvalue weighted by atomic mass is 16.2. The second-order valence-corrected chi connectivity index (χ2v) is 10.4. The van der Waals surface area contributed by atoms with Crippen molar-refractivity contribution in [2.24, 2.45) is 17.1 Å². The molecule has 0 aromatic rings. The molecule has 13 heteroatoms. The summed E-state index contributed by atoms with van der Waals surface area (Å²) in [5, 5.41) is 9.87. The lowest BCUT2D eigenvalue weighted by molar-refractivity contribution is -0.144. The smallest absolute Gasteiger partial charge is 0.246 e. The minimum atomic E-state index is -1.10. The summed E-state index contributed by atoms with van der Waals surface area (Å²) in [5.41, 5.74) is 4.33. The van der Waals surface area contributed by atoms with Crippen LogP contribution in [-0.4, -0.2) is 84.9 Å². The Morgan fingerprint density at radius 1 is 0.946 bits per heavy atom. The number of nitrogens with two attached hydrogens (primary N) is 1. The number of Topliss-reactive ketones (excluding diaryl/α,β-unsaturated/α-hetero) is 1. The van der Waals surface area contributed by atoms with Crippen LogP contribution in [0.2, 0.25) is 0 Å². The molecule has 1 rings (SSSR count). The molecule has 1 fully saturated rings. The zero-order valence-electron chi connectivity index (χ0n) is 22.1. The van der Waals surface area contributed by atoms with E-state index < -0.39 is 53.6 Å². The van der Waals surface area contributed by atoms with Crippen molar-refractivity contribution in [3.8, 4) is 0 Å². The molecule has 0 aromatic heterocycles. The fraction of sp³-hybridized carbons (Fsp3) is 0.708. The number of primary amides is 1. The van der Waals surface area contributed by atoms with Gasteiger partial charge in [0.25, 0.3) is 0 Å². The monoisotopic (exact) mass is 524 g/mol. The summed E-state index contributed by atoms with van der Waals surface area (Å²) in [5.74, 6) is -3.76. The third kappa shape index (κ3) is 11.4. The predicted molar refractivity (Wildman–Crippen MR) is 133 cm³/mol. The molecule has 1 unspecified atom stereocenters. The summed E-state index contributed by atoms with van der Waals surface area (Å²) >= 11 is 0. The molecule has 6 N–H and O–H groups in total. The molecule has 1 saturated carbocycles. The van der Waals surface area contributed by atoms with E-state index in [1.54, 1.807) is 20.8 Å². The summed E-state index contributed by atoms with van der Waals surface area (Å²) in [6.45, 7) is 4.74. The summed E-state index contributed by atoms with van der Waals surface area (Å²) in [6.07, 6.45) is 4.56. The van der Waals surface area contributed by atoms with Gasteiger partial charge in [-0.05, 0) is 31.1 Å². The molecule has 0 spiro atoms. The second kappa shape index (κ2) is 14.9. The number of nitrogens with zero attached hydrogens (tertiary/aromatic N) is 1. The Balaban J connectivity index is 3.08. The van der Waals surface area contributed by atoms with Gasteiger partial charge in [0.1, 0.15) is 24.4 Å². The van der Waals surface area contributed by atoms with Crippen molar-refractivity contribution in [2.75, 3.05) is 26.2 Å². The van der Waals surface area contributed by atoms with Crippen LogP contribution < -0.4 is 27.0 Å². The standard InChI is InChI=1S/C24H40N6O7/c1-15(32)12-30(23(37)21(24(2,3)4)29-18(34)11-26-14-31)13-19(35)28-20(16-8-6-5-7-9-16)22(36)27-10-17(25)33/h14,16,20-21H,5-13H2,1-4H3,(H2,25,33)(H,26,31)(H,27,36)(H,28,35)(H,29,34)/t20?,21-/m1/s1. The number of rotatable bonds is 14. The molecular weight excluding hydrogens is 484 g/mol. The van der Waals surface area contributed by atoms with Gasteiger partial charge in [0, 0.05) is 0 Å². The number of nitrogens with one attached hydrogen (secondary N) is 4. The van der Waals surface area contributed by atoms with Crippen LogP contribution in [0.25, 0.3) is 0 Å². The summed E-state index contributed by atoms with van der Waals surface area (Å²) in [4.78, 5) is 86.0. The molecule has 37 heavy (non-hydrogen) atoms. The minimum Gasteiger partial charge on any atom is -0.368 e. The molecule has 13 nitrogen and oxygen atoms in total. The quantitative estimate of drug-likeness (QED) is 0.168. The molecule has 6 amide bonds. The normalized spacial score (nSPS) is 15.5. The Morgan fingerprint density at radius 2 is 1.57 bits per heavy atom. The van der Waals surface area contributed by atoms with Crippen molar-refractivity contribution < 1.29 is 33.6 Å². The molecule has 0 aromatic carbocycles. The van der Waals surface area contributed by atoms with Crippen molar-refractivity contribution in [3.63, 3.8) is 0 Å². The Bertz CT molecular complexity index is 864. The van der Waals surface area contributed by atoms with E-state index in [1.807, 2.05) is 0 Å². The topological polar surface area (TPSA) is 197 Å². The summed E-state index contributed by atoms with van der Waals surface area (Å²) in [7, 11) is 0. The maximum absolute atomic E-state index is 13.4.